The van der Waals surface area contributed by atoms with Crippen LogP contribution < -0.4 is 10.6 Å². The van der Waals surface area contributed by atoms with Crippen LogP contribution in [0.25, 0.3) is 0 Å². The van der Waals surface area contributed by atoms with Gasteiger partial charge in [-0.25, -0.2) is 8.42 Å². The molecule has 1 aromatic heterocycles. The van der Waals surface area contributed by atoms with Gasteiger partial charge >= 0.3 is 0 Å². The molecule has 8 nitrogen and oxygen atoms in total. The fourth-order valence-electron chi connectivity index (χ4n) is 5.63. The average Bonchev–Trinajstić information content (AvgIpc) is 3.40. The molecule has 2 N–H and O–H groups in total. The lowest BCUT2D eigenvalue weighted by Gasteiger charge is -2.41. The summed E-state index contributed by atoms with van der Waals surface area (Å²) in [5.41, 5.74) is 0.332. The van der Waals surface area contributed by atoms with Crippen molar-refractivity contribution >= 4 is 15.9 Å². The third-order valence-electron chi connectivity index (χ3n) is 7.55. The summed E-state index contributed by atoms with van der Waals surface area (Å²) in [4.78, 5) is 12.6. The number of carbonyl (C=O) groups is 1. The number of fused-ring (bicyclic) bond motifs is 2. The van der Waals surface area contributed by atoms with Crippen molar-refractivity contribution < 1.29 is 17.7 Å². The molecular formula is C21H32N4O4S. The van der Waals surface area contributed by atoms with Crippen LogP contribution in [0.1, 0.15) is 80.5 Å². The second kappa shape index (κ2) is 7.91. The van der Waals surface area contributed by atoms with Crippen LogP contribution in [0.3, 0.4) is 0 Å². The summed E-state index contributed by atoms with van der Waals surface area (Å²) in [6.07, 6.45) is 7.15. The zero-order valence-corrected chi connectivity index (χ0v) is 18.4. The molecule has 166 valence electrons. The molecule has 4 heterocycles. The smallest absolute Gasteiger partial charge is 0.273 e. The lowest BCUT2D eigenvalue weighted by atomic mass is 9.95. The highest BCUT2D eigenvalue weighted by Gasteiger charge is 2.49. The molecule has 0 spiro atoms. The van der Waals surface area contributed by atoms with Gasteiger partial charge in [0.2, 0.25) is 10.0 Å². The Morgan fingerprint density at radius 1 is 1.17 bits per heavy atom. The summed E-state index contributed by atoms with van der Waals surface area (Å²) in [5.74, 6) is 1.23. The second-order valence-electron chi connectivity index (χ2n) is 9.58. The minimum Gasteiger partial charge on any atom is -0.360 e. The number of sulfonamides is 1. The van der Waals surface area contributed by atoms with Crippen LogP contribution in [0.15, 0.2) is 10.6 Å². The van der Waals surface area contributed by atoms with E-state index in [-0.39, 0.29) is 35.2 Å². The largest absolute Gasteiger partial charge is 0.360 e. The second-order valence-corrected chi connectivity index (χ2v) is 11.8. The molecule has 3 aliphatic heterocycles. The number of nitrogens with zero attached hydrogens (tertiary/aromatic N) is 2. The number of piperidine rings is 2. The lowest BCUT2D eigenvalue weighted by Crippen LogP contribution is -2.55. The highest BCUT2D eigenvalue weighted by atomic mass is 32.2. The summed E-state index contributed by atoms with van der Waals surface area (Å²) in [5, 5.41) is 9.99. The summed E-state index contributed by atoms with van der Waals surface area (Å²) < 4.78 is 34.0. The van der Waals surface area contributed by atoms with Crippen molar-refractivity contribution in [3.8, 4) is 0 Å². The Morgan fingerprint density at radius 3 is 2.47 bits per heavy atom. The van der Waals surface area contributed by atoms with Crippen molar-refractivity contribution in [3.63, 3.8) is 0 Å². The van der Waals surface area contributed by atoms with E-state index in [4.69, 9.17) is 4.52 Å². The number of rotatable bonds is 6. The van der Waals surface area contributed by atoms with Crippen molar-refractivity contribution in [1.82, 2.24) is 20.1 Å². The number of amides is 1. The predicted octanol–water partition coefficient (Wildman–Crippen LogP) is 2.00. The molecule has 1 unspecified atom stereocenters. The van der Waals surface area contributed by atoms with Gasteiger partial charge in [-0.15, -0.1) is 0 Å². The average molecular weight is 437 g/mol. The molecule has 1 saturated carbocycles. The fourth-order valence-corrected chi connectivity index (χ4v) is 7.99. The summed E-state index contributed by atoms with van der Waals surface area (Å²) >= 11 is 0. The van der Waals surface area contributed by atoms with E-state index in [0.717, 1.165) is 57.4 Å². The molecule has 1 amide bonds. The van der Waals surface area contributed by atoms with E-state index >= 15 is 0 Å². The van der Waals surface area contributed by atoms with Crippen LogP contribution in [-0.4, -0.2) is 60.3 Å². The van der Waals surface area contributed by atoms with Crippen molar-refractivity contribution in [2.45, 2.75) is 87.6 Å². The van der Waals surface area contributed by atoms with Crippen LogP contribution in [0, 0.1) is 5.92 Å². The van der Waals surface area contributed by atoms with E-state index in [1.54, 1.807) is 6.07 Å². The first-order valence-electron chi connectivity index (χ1n) is 11.4. The van der Waals surface area contributed by atoms with Gasteiger partial charge in [-0.1, -0.05) is 5.16 Å². The SMILES string of the molecule is C[C@@H](C1CCNCC1)S(=O)(=O)N1[C@@H]2CC[C@H]1CC(NC(=O)c1cc(C3CC3)on1)C2. The fraction of sp³-hybridized carbons (Fsp3) is 0.810. The number of carbonyl (C=O) groups excluding carboxylic acids is 1. The Balaban J connectivity index is 1.23. The molecule has 2 bridgehead atoms. The maximum absolute atomic E-state index is 13.5. The van der Waals surface area contributed by atoms with Gasteiger partial charge < -0.3 is 15.2 Å². The molecule has 0 aromatic carbocycles. The van der Waals surface area contributed by atoms with E-state index < -0.39 is 10.0 Å². The zero-order valence-electron chi connectivity index (χ0n) is 17.5. The molecule has 5 rings (SSSR count). The maximum Gasteiger partial charge on any atom is 0.273 e. The van der Waals surface area contributed by atoms with Crippen molar-refractivity contribution in [2.75, 3.05) is 13.1 Å². The quantitative estimate of drug-likeness (QED) is 0.707. The molecule has 1 aliphatic carbocycles. The number of aromatic nitrogens is 1. The number of hydrogen-bond donors (Lipinski definition) is 2. The van der Waals surface area contributed by atoms with Gasteiger partial charge in [0.1, 0.15) is 5.76 Å². The van der Waals surface area contributed by atoms with Crippen molar-refractivity contribution in [3.05, 3.63) is 17.5 Å². The minimum absolute atomic E-state index is 0.0115. The van der Waals surface area contributed by atoms with Crippen molar-refractivity contribution in [2.24, 2.45) is 5.92 Å². The Kier molecular flexibility index (Phi) is 5.39. The first kappa shape index (κ1) is 20.5. The molecule has 9 heteroatoms. The molecule has 4 atom stereocenters. The topological polar surface area (TPSA) is 105 Å². The normalized spacial score (nSPS) is 31.6. The summed E-state index contributed by atoms with van der Waals surface area (Å²) in [6, 6.07) is 1.71. The molecule has 30 heavy (non-hydrogen) atoms. The van der Waals surface area contributed by atoms with Crippen LogP contribution in [0.5, 0.6) is 0 Å². The van der Waals surface area contributed by atoms with E-state index in [2.05, 4.69) is 15.8 Å². The number of hydrogen-bond acceptors (Lipinski definition) is 6. The molecule has 1 aromatic rings. The zero-order chi connectivity index (χ0) is 20.9. The Labute approximate surface area is 178 Å². The first-order valence-corrected chi connectivity index (χ1v) is 12.9. The van der Waals surface area contributed by atoms with Gasteiger partial charge in [-0.2, -0.15) is 4.31 Å². The van der Waals surface area contributed by atoms with E-state index in [1.807, 2.05) is 11.2 Å². The van der Waals surface area contributed by atoms with Crippen molar-refractivity contribution in [1.29, 1.82) is 0 Å². The molecule has 4 fully saturated rings. The van der Waals surface area contributed by atoms with Gasteiger partial charge in [0.25, 0.3) is 5.91 Å². The number of nitrogens with one attached hydrogen (secondary N) is 2. The van der Waals surface area contributed by atoms with Gasteiger partial charge in [-0.05, 0) is 77.3 Å². The Hall–Kier alpha value is -1.45. The highest BCUT2D eigenvalue weighted by Crippen LogP contribution is 2.41. The van der Waals surface area contributed by atoms with Crippen LogP contribution in [0.2, 0.25) is 0 Å². The molecule has 3 saturated heterocycles. The van der Waals surface area contributed by atoms with Gasteiger partial charge in [0.15, 0.2) is 5.69 Å². The summed E-state index contributed by atoms with van der Waals surface area (Å²) in [7, 11) is -3.34. The van der Waals surface area contributed by atoms with Gasteiger partial charge in [0.05, 0.1) is 5.25 Å². The van der Waals surface area contributed by atoms with Gasteiger partial charge in [0, 0.05) is 30.1 Å². The minimum atomic E-state index is -3.34. The van der Waals surface area contributed by atoms with Gasteiger partial charge in [-0.3, -0.25) is 4.79 Å². The molecular weight excluding hydrogens is 404 g/mol. The standard InChI is InChI=1S/C21H32N4O4S/c1-13(14-6-8-22-9-7-14)30(27,28)25-17-4-5-18(25)11-16(10-17)23-21(26)19-12-20(29-24-19)15-2-3-15/h12-18,22H,2-11H2,1H3,(H,23,26)/t13-,16?,17-,18+/m0/s1. The van der Waals surface area contributed by atoms with Crippen LogP contribution >= 0.6 is 0 Å². The van der Waals surface area contributed by atoms with Crippen LogP contribution in [-0.2, 0) is 10.0 Å². The molecule has 4 aliphatic rings. The lowest BCUT2D eigenvalue weighted by molar-refractivity contribution is 0.0899. The predicted molar refractivity (Wildman–Crippen MR) is 112 cm³/mol. The van der Waals surface area contributed by atoms with E-state index in [1.165, 1.54) is 0 Å². The summed E-state index contributed by atoms with van der Waals surface area (Å²) in [6.45, 7) is 3.69. The third kappa shape index (κ3) is 3.80. The highest BCUT2D eigenvalue weighted by molar-refractivity contribution is 7.89. The Morgan fingerprint density at radius 2 is 1.83 bits per heavy atom. The third-order valence-corrected chi connectivity index (χ3v) is 10.1. The molecule has 0 radical (unpaired) electrons. The Bertz CT molecular complexity index is 877. The monoisotopic (exact) mass is 436 g/mol. The maximum atomic E-state index is 13.5. The first-order chi connectivity index (χ1) is 14.4. The van der Waals surface area contributed by atoms with E-state index in [9.17, 15) is 13.2 Å². The van der Waals surface area contributed by atoms with E-state index in [0.29, 0.717) is 24.5 Å². The van der Waals surface area contributed by atoms with Crippen LogP contribution in [0.4, 0.5) is 0 Å².